The molecule has 13 heavy (non-hydrogen) atoms. The van der Waals surface area contributed by atoms with Gasteiger partial charge >= 0.3 is 5.97 Å². The highest BCUT2D eigenvalue weighted by atomic mass is 16.4. The van der Waals surface area contributed by atoms with Crippen LogP contribution in [0.4, 0.5) is 5.69 Å². The van der Waals surface area contributed by atoms with Gasteiger partial charge in [0.05, 0.1) is 0 Å². The van der Waals surface area contributed by atoms with Crippen LogP contribution in [0.15, 0.2) is 24.3 Å². The molecule has 0 unspecified atom stereocenters. The first kappa shape index (κ1) is 9.38. The maximum atomic E-state index is 10.5. The molecule has 0 saturated carbocycles. The van der Waals surface area contributed by atoms with Crippen LogP contribution in [0, 0.1) is 0 Å². The Morgan fingerprint density at radius 2 is 1.92 bits per heavy atom. The Balaban J connectivity index is 2.64. The zero-order valence-electron chi connectivity index (χ0n) is 7.19. The molecule has 0 spiro atoms. The number of aliphatic carboxylic acids is 1. The third kappa shape index (κ3) is 2.66. The predicted octanol–water partition coefficient (Wildman–Crippen LogP) is 1.28. The minimum absolute atomic E-state index is 0.161. The minimum Gasteiger partial charge on any atom is -0.508 e. The van der Waals surface area contributed by atoms with E-state index in [9.17, 15) is 4.79 Å². The molecule has 4 nitrogen and oxygen atoms in total. The first-order chi connectivity index (χ1) is 6.09. The summed E-state index contributed by atoms with van der Waals surface area (Å²) in [5.74, 6) is -0.749. The molecule has 0 fully saturated rings. The number of benzene rings is 1. The van der Waals surface area contributed by atoms with Crippen molar-refractivity contribution < 1.29 is 15.0 Å². The number of phenols is 1. The number of carboxylic acids is 1. The monoisotopic (exact) mass is 181 g/mol. The predicted molar refractivity (Wildman–Crippen MR) is 48.8 cm³/mol. The number of aromatic hydroxyl groups is 1. The Morgan fingerprint density at radius 3 is 2.38 bits per heavy atom. The molecule has 1 atom stereocenters. The van der Waals surface area contributed by atoms with Gasteiger partial charge in [0.2, 0.25) is 0 Å². The minimum atomic E-state index is -0.909. The molecule has 0 aliphatic carbocycles. The zero-order valence-corrected chi connectivity index (χ0v) is 7.19. The smallest absolute Gasteiger partial charge is 0.325 e. The summed E-state index contributed by atoms with van der Waals surface area (Å²) in [7, 11) is 0. The normalized spacial score (nSPS) is 12.1. The summed E-state index contributed by atoms with van der Waals surface area (Å²) in [6.45, 7) is 1.55. The number of carboxylic acid groups (broad SMARTS) is 1. The second kappa shape index (κ2) is 3.80. The standard InChI is InChI=1S/C9H11NO3/c1-6(9(12)13)10-7-2-4-8(11)5-3-7/h2-6,10-11H,1H3,(H,12,13)/t6-/m0/s1. The summed E-state index contributed by atoms with van der Waals surface area (Å²) in [6.07, 6.45) is 0. The highest BCUT2D eigenvalue weighted by Crippen LogP contribution is 2.14. The van der Waals surface area contributed by atoms with Crippen molar-refractivity contribution in [1.29, 1.82) is 0 Å². The molecule has 0 radical (unpaired) electrons. The molecule has 1 aromatic rings. The highest BCUT2D eigenvalue weighted by molar-refractivity contribution is 5.76. The van der Waals surface area contributed by atoms with Crippen LogP contribution in [-0.4, -0.2) is 22.2 Å². The van der Waals surface area contributed by atoms with E-state index >= 15 is 0 Å². The van der Waals surface area contributed by atoms with E-state index in [0.717, 1.165) is 0 Å². The second-order valence-corrected chi connectivity index (χ2v) is 2.75. The van der Waals surface area contributed by atoms with Crippen LogP contribution < -0.4 is 5.32 Å². The van der Waals surface area contributed by atoms with Crippen LogP contribution in [0.1, 0.15) is 6.92 Å². The SMILES string of the molecule is C[C@H](Nc1ccc(O)cc1)C(=O)O. The third-order valence-corrected chi connectivity index (χ3v) is 1.62. The molecule has 1 aromatic carbocycles. The molecular weight excluding hydrogens is 170 g/mol. The van der Waals surface area contributed by atoms with Gasteiger partial charge in [-0.1, -0.05) is 0 Å². The van der Waals surface area contributed by atoms with Crippen LogP contribution in [0.5, 0.6) is 5.75 Å². The van der Waals surface area contributed by atoms with Gasteiger partial charge in [-0.25, -0.2) is 0 Å². The van der Waals surface area contributed by atoms with E-state index < -0.39 is 12.0 Å². The lowest BCUT2D eigenvalue weighted by Gasteiger charge is -2.09. The molecule has 0 saturated heterocycles. The maximum absolute atomic E-state index is 10.5. The fraction of sp³-hybridized carbons (Fsp3) is 0.222. The molecule has 0 heterocycles. The van der Waals surface area contributed by atoms with Gasteiger partial charge in [-0.3, -0.25) is 4.79 Å². The first-order valence-corrected chi connectivity index (χ1v) is 3.88. The summed E-state index contributed by atoms with van der Waals surface area (Å²) in [4.78, 5) is 10.5. The summed E-state index contributed by atoms with van der Waals surface area (Å²) in [5.41, 5.74) is 0.674. The number of nitrogens with one attached hydrogen (secondary N) is 1. The Hall–Kier alpha value is -1.71. The average Bonchev–Trinajstić information content (AvgIpc) is 2.08. The van der Waals surface area contributed by atoms with E-state index in [0.29, 0.717) is 5.69 Å². The number of phenolic OH excluding ortho intramolecular Hbond substituents is 1. The van der Waals surface area contributed by atoms with E-state index in [1.807, 2.05) is 0 Å². The summed E-state index contributed by atoms with van der Waals surface area (Å²) >= 11 is 0. The van der Waals surface area contributed by atoms with Crippen molar-refractivity contribution >= 4 is 11.7 Å². The molecular formula is C9H11NO3. The van der Waals surface area contributed by atoms with Gasteiger partial charge in [0.1, 0.15) is 11.8 Å². The van der Waals surface area contributed by atoms with Crippen LogP contribution in [-0.2, 0) is 4.79 Å². The van der Waals surface area contributed by atoms with Crippen LogP contribution in [0.2, 0.25) is 0 Å². The van der Waals surface area contributed by atoms with Gasteiger partial charge in [0, 0.05) is 5.69 Å². The zero-order chi connectivity index (χ0) is 9.84. The number of hydrogen-bond acceptors (Lipinski definition) is 3. The molecule has 0 amide bonds. The number of carbonyl (C=O) groups is 1. The van der Waals surface area contributed by atoms with Crippen LogP contribution in [0.25, 0.3) is 0 Å². The average molecular weight is 181 g/mol. The van der Waals surface area contributed by atoms with Crippen LogP contribution in [0.3, 0.4) is 0 Å². The summed E-state index contributed by atoms with van der Waals surface area (Å²) in [6, 6.07) is 5.60. The maximum Gasteiger partial charge on any atom is 0.325 e. The van der Waals surface area contributed by atoms with Crippen LogP contribution >= 0.6 is 0 Å². The van der Waals surface area contributed by atoms with Crippen molar-refractivity contribution in [1.82, 2.24) is 0 Å². The van der Waals surface area contributed by atoms with E-state index in [4.69, 9.17) is 10.2 Å². The van der Waals surface area contributed by atoms with E-state index in [2.05, 4.69) is 5.32 Å². The fourth-order valence-electron chi connectivity index (χ4n) is 0.869. The van der Waals surface area contributed by atoms with Gasteiger partial charge in [0.25, 0.3) is 0 Å². The largest absolute Gasteiger partial charge is 0.508 e. The number of anilines is 1. The Bertz CT molecular complexity index is 294. The van der Waals surface area contributed by atoms with Gasteiger partial charge in [0.15, 0.2) is 0 Å². The van der Waals surface area contributed by atoms with Crippen molar-refractivity contribution in [3.63, 3.8) is 0 Å². The topological polar surface area (TPSA) is 69.6 Å². The van der Waals surface area contributed by atoms with E-state index in [1.54, 1.807) is 19.1 Å². The highest BCUT2D eigenvalue weighted by Gasteiger charge is 2.09. The van der Waals surface area contributed by atoms with Gasteiger partial charge in [-0.2, -0.15) is 0 Å². The van der Waals surface area contributed by atoms with Gasteiger partial charge in [-0.05, 0) is 31.2 Å². The molecule has 70 valence electrons. The summed E-state index contributed by atoms with van der Waals surface area (Å²) in [5, 5.41) is 20.3. The van der Waals surface area contributed by atoms with Crippen molar-refractivity contribution in [3.8, 4) is 5.75 Å². The van der Waals surface area contributed by atoms with Gasteiger partial charge in [-0.15, -0.1) is 0 Å². The molecule has 0 aliphatic heterocycles. The Labute approximate surface area is 75.8 Å². The first-order valence-electron chi connectivity index (χ1n) is 3.88. The molecule has 0 bridgehead atoms. The molecule has 0 aliphatic rings. The fourth-order valence-corrected chi connectivity index (χ4v) is 0.869. The Morgan fingerprint density at radius 1 is 1.38 bits per heavy atom. The Kier molecular flexibility index (Phi) is 2.74. The third-order valence-electron chi connectivity index (χ3n) is 1.62. The van der Waals surface area contributed by atoms with Crippen molar-refractivity contribution in [3.05, 3.63) is 24.3 Å². The van der Waals surface area contributed by atoms with E-state index in [-0.39, 0.29) is 5.75 Å². The summed E-state index contributed by atoms with van der Waals surface area (Å²) < 4.78 is 0. The molecule has 0 aromatic heterocycles. The van der Waals surface area contributed by atoms with Crippen molar-refractivity contribution in [2.45, 2.75) is 13.0 Å². The lowest BCUT2D eigenvalue weighted by atomic mass is 10.2. The number of hydrogen-bond donors (Lipinski definition) is 3. The van der Waals surface area contributed by atoms with E-state index in [1.165, 1.54) is 12.1 Å². The number of rotatable bonds is 3. The van der Waals surface area contributed by atoms with Crippen molar-refractivity contribution in [2.75, 3.05) is 5.32 Å². The lowest BCUT2D eigenvalue weighted by Crippen LogP contribution is -2.25. The molecule has 4 heteroatoms. The molecule has 3 N–H and O–H groups in total. The molecule has 1 rings (SSSR count). The van der Waals surface area contributed by atoms with Gasteiger partial charge < -0.3 is 15.5 Å². The van der Waals surface area contributed by atoms with Crippen molar-refractivity contribution in [2.24, 2.45) is 0 Å². The quantitative estimate of drug-likeness (QED) is 0.614. The lowest BCUT2D eigenvalue weighted by molar-refractivity contribution is -0.137. The second-order valence-electron chi connectivity index (χ2n) is 2.75.